The van der Waals surface area contributed by atoms with Crippen molar-refractivity contribution in [1.29, 1.82) is 0 Å². The van der Waals surface area contributed by atoms with E-state index in [9.17, 15) is 4.79 Å². The van der Waals surface area contributed by atoms with Crippen molar-refractivity contribution in [2.24, 2.45) is 11.1 Å². The summed E-state index contributed by atoms with van der Waals surface area (Å²) in [4.78, 5) is 19.6. The number of fused-ring (bicyclic) bond motifs is 1. The van der Waals surface area contributed by atoms with E-state index >= 15 is 0 Å². The number of aromatic amines is 1. The third-order valence-electron chi connectivity index (χ3n) is 3.11. The van der Waals surface area contributed by atoms with Gasteiger partial charge in [0.15, 0.2) is 5.78 Å². The molecule has 4 nitrogen and oxygen atoms in total. The van der Waals surface area contributed by atoms with E-state index in [1.54, 1.807) is 0 Å². The number of H-pyrrole nitrogens is 1. The highest BCUT2D eigenvalue weighted by atomic mass is 16.1. The third-order valence-corrected chi connectivity index (χ3v) is 3.11. The Labute approximate surface area is 107 Å². The fraction of sp³-hybridized carbons (Fsp3) is 0.429. The minimum atomic E-state index is -0.157. The van der Waals surface area contributed by atoms with E-state index in [1.807, 2.05) is 39.0 Å². The van der Waals surface area contributed by atoms with Gasteiger partial charge in [-0.1, -0.05) is 13.8 Å². The Morgan fingerprint density at radius 2 is 2.17 bits per heavy atom. The predicted molar refractivity (Wildman–Crippen MR) is 72.6 cm³/mol. The van der Waals surface area contributed by atoms with Crippen molar-refractivity contribution in [3.05, 3.63) is 29.6 Å². The number of Topliss-reactive ketones (excluding diaryl/α,β-unsaturated/α-hetero) is 1. The summed E-state index contributed by atoms with van der Waals surface area (Å²) in [5.41, 5.74) is 8.01. The topological polar surface area (TPSA) is 71.8 Å². The van der Waals surface area contributed by atoms with Gasteiger partial charge in [-0.15, -0.1) is 0 Å². The summed E-state index contributed by atoms with van der Waals surface area (Å²) in [6.45, 7) is 6.41. The number of ketones is 1. The zero-order chi connectivity index (χ0) is 13.3. The van der Waals surface area contributed by atoms with Crippen molar-refractivity contribution < 1.29 is 4.79 Å². The molecule has 0 radical (unpaired) electrons. The predicted octanol–water partition coefficient (Wildman–Crippen LogP) is 2.43. The van der Waals surface area contributed by atoms with Crippen LogP contribution in [-0.4, -0.2) is 22.3 Å². The lowest BCUT2D eigenvalue weighted by Gasteiger charge is -2.20. The molecule has 3 N–H and O–H groups in total. The van der Waals surface area contributed by atoms with E-state index in [0.29, 0.717) is 18.5 Å². The van der Waals surface area contributed by atoms with Crippen LogP contribution in [0, 0.1) is 12.3 Å². The number of rotatable bonds is 4. The lowest BCUT2D eigenvalue weighted by atomic mass is 9.86. The molecular weight excluding hydrogens is 226 g/mol. The second-order valence-electron chi connectivity index (χ2n) is 5.52. The first-order chi connectivity index (χ1) is 8.41. The van der Waals surface area contributed by atoms with Gasteiger partial charge in [-0.3, -0.25) is 4.79 Å². The maximum Gasteiger partial charge on any atom is 0.163 e. The van der Waals surface area contributed by atoms with Crippen LogP contribution in [0.1, 0.15) is 36.5 Å². The van der Waals surface area contributed by atoms with Gasteiger partial charge in [0.05, 0.1) is 11.0 Å². The molecule has 0 saturated heterocycles. The van der Waals surface area contributed by atoms with Crippen LogP contribution in [0.5, 0.6) is 0 Å². The number of carbonyl (C=O) groups excluding carboxylic acids is 1. The number of nitrogens with zero attached hydrogens (tertiary/aromatic N) is 1. The SMILES string of the molecule is Cc1nc2ccc(C(=O)CC(C)(C)CN)cc2[nH]1. The van der Waals surface area contributed by atoms with Gasteiger partial charge < -0.3 is 10.7 Å². The molecule has 0 aliphatic carbocycles. The molecule has 0 saturated carbocycles. The van der Waals surface area contributed by atoms with Gasteiger partial charge >= 0.3 is 0 Å². The molecule has 0 amide bonds. The van der Waals surface area contributed by atoms with Crippen molar-refractivity contribution in [2.75, 3.05) is 6.54 Å². The van der Waals surface area contributed by atoms with E-state index in [4.69, 9.17) is 5.73 Å². The standard InChI is InChI=1S/C14H19N3O/c1-9-16-11-5-4-10(6-12(11)17-9)13(18)7-14(2,3)8-15/h4-6H,7-8,15H2,1-3H3,(H,16,17). The number of nitrogens with one attached hydrogen (secondary N) is 1. The minimum absolute atomic E-state index is 0.125. The van der Waals surface area contributed by atoms with Gasteiger partial charge in [0.1, 0.15) is 5.82 Å². The van der Waals surface area contributed by atoms with E-state index in [-0.39, 0.29) is 11.2 Å². The monoisotopic (exact) mass is 245 g/mol. The third kappa shape index (κ3) is 2.59. The van der Waals surface area contributed by atoms with Crippen LogP contribution < -0.4 is 5.73 Å². The van der Waals surface area contributed by atoms with Gasteiger partial charge in [-0.2, -0.15) is 0 Å². The normalized spacial score (nSPS) is 12.0. The zero-order valence-corrected chi connectivity index (χ0v) is 11.1. The smallest absolute Gasteiger partial charge is 0.163 e. The van der Waals surface area contributed by atoms with E-state index in [2.05, 4.69) is 9.97 Å². The Morgan fingerprint density at radius 1 is 1.44 bits per heavy atom. The highest BCUT2D eigenvalue weighted by Gasteiger charge is 2.21. The summed E-state index contributed by atoms with van der Waals surface area (Å²) in [6.07, 6.45) is 0.460. The molecule has 2 aromatic rings. The van der Waals surface area contributed by atoms with Crippen LogP contribution >= 0.6 is 0 Å². The Kier molecular flexibility index (Phi) is 3.22. The number of carbonyl (C=O) groups is 1. The molecule has 1 aromatic carbocycles. The summed E-state index contributed by atoms with van der Waals surface area (Å²) in [7, 11) is 0. The minimum Gasteiger partial charge on any atom is -0.342 e. The van der Waals surface area contributed by atoms with Crippen molar-refractivity contribution in [3.63, 3.8) is 0 Å². The largest absolute Gasteiger partial charge is 0.342 e. The van der Waals surface area contributed by atoms with Crippen molar-refractivity contribution >= 4 is 16.8 Å². The molecule has 1 heterocycles. The first kappa shape index (κ1) is 12.8. The maximum absolute atomic E-state index is 12.2. The number of hydrogen-bond donors (Lipinski definition) is 2. The number of nitrogens with two attached hydrogens (primary N) is 1. The molecule has 0 spiro atoms. The molecule has 4 heteroatoms. The Balaban J connectivity index is 2.28. The Morgan fingerprint density at radius 3 is 2.83 bits per heavy atom. The van der Waals surface area contributed by atoms with Crippen LogP contribution in [-0.2, 0) is 0 Å². The van der Waals surface area contributed by atoms with Crippen LogP contribution in [0.2, 0.25) is 0 Å². The van der Waals surface area contributed by atoms with E-state index in [1.165, 1.54) is 0 Å². The van der Waals surface area contributed by atoms with Gasteiger partial charge in [-0.05, 0) is 37.1 Å². The first-order valence-electron chi connectivity index (χ1n) is 6.11. The van der Waals surface area contributed by atoms with Crippen molar-refractivity contribution in [2.45, 2.75) is 27.2 Å². The van der Waals surface area contributed by atoms with Crippen LogP contribution in [0.25, 0.3) is 11.0 Å². The highest BCUT2D eigenvalue weighted by Crippen LogP contribution is 2.22. The molecule has 96 valence electrons. The fourth-order valence-corrected chi connectivity index (χ4v) is 1.92. The second-order valence-corrected chi connectivity index (χ2v) is 5.52. The van der Waals surface area contributed by atoms with Crippen molar-refractivity contribution in [1.82, 2.24) is 9.97 Å². The number of imidazole rings is 1. The molecule has 0 unspecified atom stereocenters. The van der Waals surface area contributed by atoms with Crippen LogP contribution in [0.4, 0.5) is 0 Å². The molecule has 2 rings (SSSR count). The van der Waals surface area contributed by atoms with Gasteiger partial charge in [0, 0.05) is 12.0 Å². The van der Waals surface area contributed by atoms with Crippen LogP contribution in [0.15, 0.2) is 18.2 Å². The van der Waals surface area contributed by atoms with E-state index < -0.39 is 0 Å². The highest BCUT2D eigenvalue weighted by molar-refractivity contribution is 5.99. The Bertz CT molecular complexity index is 584. The zero-order valence-electron chi connectivity index (χ0n) is 11.1. The lowest BCUT2D eigenvalue weighted by Crippen LogP contribution is -2.26. The maximum atomic E-state index is 12.2. The Hall–Kier alpha value is -1.68. The first-order valence-corrected chi connectivity index (χ1v) is 6.11. The summed E-state index contributed by atoms with van der Waals surface area (Å²) in [5.74, 6) is 0.983. The van der Waals surface area contributed by atoms with E-state index in [0.717, 1.165) is 16.9 Å². The summed E-state index contributed by atoms with van der Waals surface area (Å²) in [6, 6.07) is 5.57. The lowest BCUT2D eigenvalue weighted by molar-refractivity contribution is 0.0935. The number of benzene rings is 1. The summed E-state index contributed by atoms with van der Waals surface area (Å²) < 4.78 is 0. The second kappa shape index (κ2) is 4.53. The summed E-state index contributed by atoms with van der Waals surface area (Å²) in [5, 5.41) is 0. The summed E-state index contributed by atoms with van der Waals surface area (Å²) >= 11 is 0. The average molecular weight is 245 g/mol. The molecule has 0 bridgehead atoms. The molecule has 0 aliphatic heterocycles. The molecule has 0 fully saturated rings. The molecule has 18 heavy (non-hydrogen) atoms. The van der Waals surface area contributed by atoms with Crippen LogP contribution in [0.3, 0.4) is 0 Å². The number of aryl methyl sites for hydroxylation is 1. The molecule has 1 aromatic heterocycles. The van der Waals surface area contributed by atoms with Gasteiger partial charge in [-0.25, -0.2) is 4.98 Å². The number of hydrogen-bond acceptors (Lipinski definition) is 3. The van der Waals surface area contributed by atoms with Crippen molar-refractivity contribution in [3.8, 4) is 0 Å². The molecule has 0 atom stereocenters. The molecular formula is C14H19N3O. The fourth-order valence-electron chi connectivity index (χ4n) is 1.92. The molecule has 0 aliphatic rings. The number of aromatic nitrogens is 2. The van der Waals surface area contributed by atoms with Gasteiger partial charge in [0.2, 0.25) is 0 Å². The quantitative estimate of drug-likeness (QED) is 0.813. The van der Waals surface area contributed by atoms with Gasteiger partial charge in [0.25, 0.3) is 0 Å². The average Bonchev–Trinajstić information content (AvgIpc) is 2.67.